The number of rotatable bonds is 5. The number of aromatic nitrogens is 3. The Bertz CT molecular complexity index is 960. The van der Waals surface area contributed by atoms with Crippen LogP contribution in [0.2, 0.25) is 0 Å². The van der Waals surface area contributed by atoms with Gasteiger partial charge in [0.1, 0.15) is 5.01 Å². The molecule has 0 bridgehead atoms. The van der Waals surface area contributed by atoms with Gasteiger partial charge in [-0.05, 0) is 31.9 Å². The van der Waals surface area contributed by atoms with E-state index < -0.39 is 11.7 Å². The number of nitrogens with zero attached hydrogens (tertiary/aromatic N) is 3. The van der Waals surface area contributed by atoms with Gasteiger partial charge in [0.15, 0.2) is 0 Å². The quantitative estimate of drug-likeness (QED) is 0.629. The molecule has 138 valence electrons. The van der Waals surface area contributed by atoms with E-state index in [0.717, 1.165) is 52.0 Å². The molecule has 0 amide bonds. The topological polar surface area (TPSA) is 50.4 Å². The third-order valence-electron chi connectivity index (χ3n) is 4.23. The fourth-order valence-corrected chi connectivity index (χ4v) is 4.84. The lowest BCUT2D eigenvalue weighted by Crippen LogP contribution is -2.07. The summed E-state index contributed by atoms with van der Waals surface area (Å²) in [6, 6.07) is 4.09. The van der Waals surface area contributed by atoms with Crippen molar-refractivity contribution in [1.29, 1.82) is 0 Å². The Balaban J connectivity index is 1.82. The van der Waals surface area contributed by atoms with Crippen molar-refractivity contribution in [2.75, 3.05) is 12.4 Å². The number of aliphatic hydroxyl groups excluding tert-OH is 1. The first-order chi connectivity index (χ1) is 12.4. The molecule has 0 unspecified atom stereocenters. The molecule has 1 fully saturated rings. The fraction of sp³-hybridized carbons (Fsp3) is 0.412. The molecule has 2 heterocycles. The molecular formula is C17H16F3N3OS2. The zero-order valence-corrected chi connectivity index (χ0v) is 15.5. The standard InChI is InChI=1S/C17H16F3N3OS2/c1-9-14(23-16(21-9)26-15(22-23)10-2-3-10)11-4-5-12(17(18,19)20)13(8-11)25-7-6-24/h4-5,8,10,24H,2-3,6-7H2,1H3. The minimum Gasteiger partial charge on any atom is -0.396 e. The summed E-state index contributed by atoms with van der Waals surface area (Å²) in [5, 5.41) is 14.7. The van der Waals surface area contributed by atoms with Gasteiger partial charge in [-0.1, -0.05) is 17.4 Å². The van der Waals surface area contributed by atoms with Crippen LogP contribution in [-0.2, 0) is 6.18 Å². The molecule has 3 aromatic rings. The third-order valence-corrected chi connectivity index (χ3v) is 6.34. The van der Waals surface area contributed by atoms with E-state index in [9.17, 15) is 13.2 Å². The lowest BCUT2D eigenvalue weighted by atomic mass is 10.1. The maximum atomic E-state index is 13.3. The summed E-state index contributed by atoms with van der Waals surface area (Å²) >= 11 is 2.54. The van der Waals surface area contributed by atoms with Gasteiger partial charge in [0.2, 0.25) is 4.96 Å². The second-order valence-corrected chi connectivity index (χ2v) is 8.36. The molecule has 1 saturated carbocycles. The summed E-state index contributed by atoms with van der Waals surface area (Å²) < 4.78 is 41.6. The van der Waals surface area contributed by atoms with Crippen molar-refractivity contribution in [2.24, 2.45) is 0 Å². The number of alkyl halides is 3. The molecule has 4 rings (SSSR count). The molecule has 9 heteroatoms. The smallest absolute Gasteiger partial charge is 0.396 e. The first-order valence-electron chi connectivity index (χ1n) is 8.20. The highest BCUT2D eigenvalue weighted by Gasteiger charge is 2.34. The van der Waals surface area contributed by atoms with E-state index in [1.807, 2.05) is 6.92 Å². The van der Waals surface area contributed by atoms with Crippen molar-refractivity contribution in [3.63, 3.8) is 0 Å². The molecule has 0 atom stereocenters. The normalized spacial score (nSPS) is 15.1. The summed E-state index contributed by atoms with van der Waals surface area (Å²) in [4.78, 5) is 5.41. The summed E-state index contributed by atoms with van der Waals surface area (Å²) in [7, 11) is 0. The monoisotopic (exact) mass is 399 g/mol. The van der Waals surface area contributed by atoms with Crippen LogP contribution in [-0.4, -0.2) is 32.1 Å². The Kier molecular flexibility index (Phi) is 4.48. The van der Waals surface area contributed by atoms with Crippen LogP contribution in [0, 0.1) is 6.92 Å². The van der Waals surface area contributed by atoms with Gasteiger partial charge >= 0.3 is 6.18 Å². The van der Waals surface area contributed by atoms with E-state index in [1.165, 1.54) is 12.1 Å². The molecule has 4 nitrogen and oxygen atoms in total. The van der Waals surface area contributed by atoms with E-state index in [-0.39, 0.29) is 17.3 Å². The van der Waals surface area contributed by atoms with Crippen LogP contribution >= 0.6 is 23.1 Å². The van der Waals surface area contributed by atoms with Gasteiger partial charge in [-0.25, -0.2) is 9.50 Å². The van der Waals surface area contributed by atoms with Crippen LogP contribution in [0.1, 0.15) is 35.0 Å². The van der Waals surface area contributed by atoms with Crippen LogP contribution in [0.3, 0.4) is 0 Å². The lowest BCUT2D eigenvalue weighted by Gasteiger charge is -2.14. The highest BCUT2D eigenvalue weighted by atomic mass is 32.2. The Hall–Kier alpha value is -1.58. The first-order valence-corrected chi connectivity index (χ1v) is 10.00. The molecule has 0 spiro atoms. The molecule has 1 aliphatic rings. The van der Waals surface area contributed by atoms with Gasteiger partial charge in [0.05, 0.1) is 23.6 Å². The molecule has 1 N–H and O–H groups in total. The predicted octanol–water partition coefficient (Wildman–Crippen LogP) is 4.75. The largest absolute Gasteiger partial charge is 0.417 e. The number of thioether (sulfide) groups is 1. The van der Waals surface area contributed by atoms with Crippen molar-refractivity contribution in [2.45, 2.75) is 36.8 Å². The van der Waals surface area contributed by atoms with Crippen LogP contribution in [0.5, 0.6) is 0 Å². The molecule has 2 aromatic heterocycles. The van der Waals surface area contributed by atoms with Crippen LogP contribution in [0.4, 0.5) is 13.2 Å². The zero-order chi connectivity index (χ0) is 18.5. The molecule has 26 heavy (non-hydrogen) atoms. The van der Waals surface area contributed by atoms with E-state index >= 15 is 0 Å². The molecular weight excluding hydrogens is 383 g/mol. The zero-order valence-electron chi connectivity index (χ0n) is 13.9. The van der Waals surface area contributed by atoms with Crippen molar-refractivity contribution >= 4 is 28.1 Å². The molecule has 0 aliphatic heterocycles. The molecule has 0 radical (unpaired) electrons. The van der Waals surface area contributed by atoms with Crippen LogP contribution < -0.4 is 0 Å². The van der Waals surface area contributed by atoms with Crippen LogP contribution in [0.15, 0.2) is 23.1 Å². The molecule has 1 aliphatic carbocycles. The third kappa shape index (κ3) is 3.23. The van der Waals surface area contributed by atoms with Gasteiger partial charge in [-0.3, -0.25) is 0 Å². The van der Waals surface area contributed by atoms with Gasteiger partial charge < -0.3 is 5.11 Å². The number of hydrogen-bond acceptors (Lipinski definition) is 5. The number of hydrogen-bond donors (Lipinski definition) is 1. The second-order valence-electron chi connectivity index (χ2n) is 6.24. The number of aryl methyl sites for hydroxylation is 1. The van der Waals surface area contributed by atoms with Gasteiger partial charge in [0.25, 0.3) is 0 Å². The number of benzene rings is 1. The summed E-state index contributed by atoms with van der Waals surface area (Å²) in [5.41, 5.74) is 1.43. The van der Waals surface area contributed by atoms with E-state index in [4.69, 9.17) is 5.11 Å². The first kappa shape index (κ1) is 17.8. The summed E-state index contributed by atoms with van der Waals surface area (Å²) in [5.74, 6) is 0.702. The Morgan fingerprint density at radius 3 is 2.77 bits per heavy atom. The van der Waals surface area contributed by atoms with E-state index in [0.29, 0.717) is 11.5 Å². The van der Waals surface area contributed by atoms with Crippen LogP contribution in [0.25, 0.3) is 16.2 Å². The maximum Gasteiger partial charge on any atom is 0.417 e. The minimum atomic E-state index is -4.43. The van der Waals surface area contributed by atoms with Gasteiger partial charge in [-0.15, -0.1) is 11.8 Å². The Morgan fingerprint density at radius 1 is 1.35 bits per heavy atom. The highest BCUT2D eigenvalue weighted by Crippen LogP contribution is 2.43. The van der Waals surface area contributed by atoms with E-state index in [1.54, 1.807) is 15.9 Å². The van der Waals surface area contributed by atoms with Crippen molar-refractivity contribution < 1.29 is 18.3 Å². The highest BCUT2D eigenvalue weighted by molar-refractivity contribution is 7.99. The minimum absolute atomic E-state index is 0.107. The summed E-state index contributed by atoms with van der Waals surface area (Å²) in [6.07, 6.45) is -2.17. The van der Waals surface area contributed by atoms with E-state index in [2.05, 4.69) is 10.1 Å². The lowest BCUT2D eigenvalue weighted by molar-refractivity contribution is -0.139. The van der Waals surface area contributed by atoms with Crippen molar-refractivity contribution in [3.8, 4) is 11.3 Å². The fourth-order valence-electron chi connectivity index (χ4n) is 2.87. The summed E-state index contributed by atoms with van der Waals surface area (Å²) in [6.45, 7) is 1.66. The van der Waals surface area contributed by atoms with Crippen molar-refractivity contribution in [3.05, 3.63) is 34.5 Å². The average molecular weight is 399 g/mol. The number of fused-ring (bicyclic) bond motifs is 1. The van der Waals surface area contributed by atoms with Gasteiger partial charge in [-0.2, -0.15) is 18.3 Å². The Morgan fingerprint density at radius 2 is 2.12 bits per heavy atom. The van der Waals surface area contributed by atoms with Gasteiger partial charge in [0, 0.05) is 22.1 Å². The second kappa shape index (κ2) is 6.54. The number of aliphatic hydroxyl groups is 1. The van der Waals surface area contributed by atoms with Crippen molar-refractivity contribution in [1.82, 2.24) is 14.6 Å². The molecule has 0 saturated heterocycles. The number of halogens is 3. The average Bonchev–Trinajstić information content (AvgIpc) is 3.28. The number of imidazole rings is 1. The SMILES string of the molecule is Cc1nc2sc(C3CC3)nn2c1-c1ccc(C(F)(F)F)c(SCCO)c1. The predicted molar refractivity (Wildman–Crippen MR) is 95.8 cm³/mol. The maximum absolute atomic E-state index is 13.3. The Labute approximate surface area is 156 Å². The molecule has 1 aromatic carbocycles.